The number of hydrogen-bond donors (Lipinski definition) is 1. The van der Waals surface area contributed by atoms with Crippen LogP contribution in [0.25, 0.3) is 0 Å². The first-order valence-corrected chi connectivity index (χ1v) is 11.8. The van der Waals surface area contributed by atoms with E-state index in [1.165, 1.54) is 0 Å². The van der Waals surface area contributed by atoms with E-state index < -0.39 is 21.5 Å². The van der Waals surface area contributed by atoms with Crippen LogP contribution >= 0.6 is 12.0 Å². The van der Waals surface area contributed by atoms with Gasteiger partial charge in [0.15, 0.2) is 0 Å². The molecule has 0 aromatic heterocycles. The zero-order chi connectivity index (χ0) is 19.4. The molecular weight excluding hydrogens is 442 g/mol. The Kier molecular flexibility index (Phi) is 13.3. The number of fused-ring (bicyclic) bond motifs is 1. The molecule has 0 saturated heterocycles. The topological polar surface area (TPSA) is 144 Å². The minimum atomic E-state index is -4.22. The summed E-state index contributed by atoms with van der Waals surface area (Å²) in [5, 5.41) is 32.2. The molecule has 156 valence electrons. The number of hydrogen-bond acceptors (Lipinski definition) is 10. The van der Waals surface area contributed by atoms with Crippen molar-refractivity contribution in [3.05, 3.63) is 0 Å². The molecule has 9 nitrogen and oxygen atoms in total. The van der Waals surface area contributed by atoms with Gasteiger partial charge in [-0.15, -0.1) is 0 Å². The van der Waals surface area contributed by atoms with Crippen molar-refractivity contribution in [2.75, 3.05) is 0 Å². The molecule has 5 unspecified atom stereocenters. The molecule has 0 radical (unpaired) electrons. The van der Waals surface area contributed by atoms with Gasteiger partial charge in [-0.1, -0.05) is 0 Å². The van der Waals surface area contributed by atoms with Gasteiger partial charge in [-0.25, -0.2) is 8.42 Å². The van der Waals surface area contributed by atoms with E-state index in [1.807, 2.05) is 0 Å². The molecule has 0 aromatic rings. The summed E-state index contributed by atoms with van der Waals surface area (Å²) in [5.41, 5.74) is 0. The normalized spacial score (nSPS) is 38.0. The Bertz CT molecular complexity index is 620. The molecule has 3 aliphatic carbocycles. The van der Waals surface area contributed by atoms with Crippen molar-refractivity contribution in [2.45, 2.75) is 86.5 Å². The summed E-state index contributed by atoms with van der Waals surface area (Å²) in [6.45, 7) is 0. The first-order valence-electron chi connectivity index (χ1n) is 9.53. The summed E-state index contributed by atoms with van der Waals surface area (Å²) in [4.78, 5) is 0. The van der Waals surface area contributed by atoms with Crippen molar-refractivity contribution in [1.29, 1.82) is 0 Å². The van der Waals surface area contributed by atoms with Gasteiger partial charge in [-0.3, -0.25) is 5.04 Å². The molecule has 0 aliphatic heterocycles. The minimum absolute atomic E-state index is 0. The molecule has 29 heavy (non-hydrogen) atoms. The van der Waals surface area contributed by atoms with Crippen molar-refractivity contribution < 1.29 is 91.8 Å². The van der Waals surface area contributed by atoms with Gasteiger partial charge in [0.05, 0.1) is 28.3 Å². The van der Waals surface area contributed by atoms with E-state index >= 15 is 0 Å². The van der Waals surface area contributed by atoms with Crippen molar-refractivity contribution in [1.82, 2.24) is 0 Å². The number of aliphatic hydroxyl groups excluding tert-OH is 1. The van der Waals surface area contributed by atoms with Crippen LogP contribution in [0.3, 0.4) is 0 Å². The molecular formula is C16H26N2Na2O7S2. The fraction of sp³-hybridized carbons (Fsp3) is 1.00. The number of nitrogens with zero attached hydrogens (tertiary/aromatic N) is 2. The SMILES string of the molecule is O=S(=O)([O-])C1CCC(N=NC2C(O)CCC3CC(SOO[O-])CCC32)CC1.[Na+].[Na+]. The van der Waals surface area contributed by atoms with Crippen molar-refractivity contribution >= 4 is 22.2 Å². The molecule has 1 N–H and O–H groups in total. The minimum Gasteiger partial charge on any atom is -0.748 e. The van der Waals surface area contributed by atoms with Crippen LogP contribution in [0.2, 0.25) is 0 Å². The van der Waals surface area contributed by atoms with Gasteiger partial charge < -0.3 is 14.9 Å². The third-order valence-corrected chi connectivity index (χ3v) is 8.40. The Hall–Kier alpha value is 1.70. The maximum absolute atomic E-state index is 11.1. The molecule has 0 aromatic carbocycles. The molecule has 0 heterocycles. The van der Waals surface area contributed by atoms with E-state index in [9.17, 15) is 23.3 Å². The average molecular weight is 469 g/mol. The average Bonchev–Trinajstić information content (AvgIpc) is 2.65. The van der Waals surface area contributed by atoms with Gasteiger partial charge in [0.25, 0.3) is 0 Å². The number of rotatable bonds is 6. The van der Waals surface area contributed by atoms with E-state index in [0.29, 0.717) is 38.0 Å². The molecule has 13 heteroatoms. The second-order valence-corrected chi connectivity index (χ2v) is 10.5. The van der Waals surface area contributed by atoms with Gasteiger partial charge in [0.1, 0.15) is 0 Å². The van der Waals surface area contributed by atoms with Gasteiger partial charge in [0.2, 0.25) is 0 Å². The predicted octanol–water partition coefficient (Wildman–Crippen LogP) is -4.52. The second-order valence-electron chi connectivity index (χ2n) is 7.88. The van der Waals surface area contributed by atoms with Crippen LogP contribution < -0.4 is 64.4 Å². The Morgan fingerprint density at radius 1 is 0.966 bits per heavy atom. The third-order valence-electron chi connectivity index (χ3n) is 6.28. The molecule has 0 amide bonds. The van der Waals surface area contributed by atoms with Crippen LogP contribution in [0.5, 0.6) is 0 Å². The summed E-state index contributed by atoms with van der Waals surface area (Å²) in [7, 11) is -4.22. The van der Waals surface area contributed by atoms with Crippen LogP contribution in [-0.2, 0) is 19.5 Å². The fourth-order valence-electron chi connectivity index (χ4n) is 4.81. The first-order chi connectivity index (χ1) is 12.9. The van der Waals surface area contributed by atoms with Gasteiger partial charge in [0, 0.05) is 22.5 Å². The third kappa shape index (κ3) is 8.21. The largest absolute Gasteiger partial charge is 1.00 e. The van der Waals surface area contributed by atoms with Crippen molar-refractivity contribution in [3.8, 4) is 0 Å². The fourth-order valence-corrected chi connectivity index (χ4v) is 6.36. The summed E-state index contributed by atoms with van der Waals surface area (Å²) in [6, 6.07) is -0.322. The predicted molar refractivity (Wildman–Crippen MR) is 94.0 cm³/mol. The van der Waals surface area contributed by atoms with Crippen molar-refractivity contribution in [2.24, 2.45) is 22.1 Å². The van der Waals surface area contributed by atoms with E-state index in [4.69, 9.17) is 0 Å². The second kappa shape index (κ2) is 13.4. The Balaban J connectivity index is 0.00000210. The van der Waals surface area contributed by atoms with E-state index in [2.05, 4.69) is 19.6 Å². The standard InChI is InChI=1S/C16H28N2O7S2.2Na/c19-15-8-1-10-9-12(26-25-24-20)4-7-14(10)16(15)18-17-11-2-5-13(6-3-11)27(21,22)23;;/h10-16,19-20H,1-9H2,(H,21,22,23);;/q;2*+1/p-2. The van der Waals surface area contributed by atoms with Gasteiger partial charge >= 0.3 is 59.1 Å². The zero-order valence-corrected chi connectivity index (χ0v) is 22.6. The quantitative estimate of drug-likeness (QED) is 0.103. The smallest absolute Gasteiger partial charge is 0.748 e. The van der Waals surface area contributed by atoms with E-state index in [1.54, 1.807) is 0 Å². The monoisotopic (exact) mass is 468 g/mol. The molecule has 3 aliphatic rings. The van der Waals surface area contributed by atoms with Crippen LogP contribution in [-0.4, -0.2) is 46.8 Å². The number of aliphatic hydroxyl groups is 1. The summed E-state index contributed by atoms with van der Waals surface area (Å²) >= 11 is 1.07. The Morgan fingerprint density at radius 2 is 1.66 bits per heavy atom. The maximum Gasteiger partial charge on any atom is 1.00 e. The maximum atomic E-state index is 11.1. The number of azo groups is 1. The Morgan fingerprint density at radius 3 is 2.28 bits per heavy atom. The molecule has 0 spiro atoms. The van der Waals surface area contributed by atoms with Gasteiger partial charge in [-0.2, -0.15) is 14.6 Å². The van der Waals surface area contributed by atoms with Crippen LogP contribution in [0, 0.1) is 11.8 Å². The molecule has 0 bridgehead atoms. The van der Waals surface area contributed by atoms with Crippen molar-refractivity contribution in [3.63, 3.8) is 0 Å². The Labute approximate surface area is 220 Å². The van der Waals surface area contributed by atoms with Crippen LogP contribution in [0.4, 0.5) is 0 Å². The molecule has 3 fully saturated rings. The zero-order valence-electron chi connectivity index (χ0n) is 17.0. The molecule has 3 saturated carbocycles. The van der Waals surface area contributed by atoms with Crippen LogP contribution in [0.15, 0.2) is 10.2 Å². The first kappa shape index (κ1) is 28.7. The summed E-state index contributed by atoms with van der Waals surface area (Å²) < 4.78 is 37.8. The van der Waals surface area contributed by atoms with E-state index in [-0.39, 0.29) is 82.4 Å². The molecule has 3 rings (SSSR count). The van der Waals surface area contributed by atoms with Gasteiger partial charge in [-0.05, 0) is 69.6 Å². The summed E-state index contributed by atoms with van der Waals surface area (Å²) in [6.07, 6.45) is 5.44. The summed E-state index contributed by atoms with van der Waals surface area (Å²) in [5.74, 6) is 0.654. The van der Waals surface area contributed by atoms with Crippen LogP contribution in [0.1, 0.15) is 57.8 Å². The van der Waals surface area contributed by atoms with E-state index in [0.717, 1.165) is 37.7 Å². The molecule has 5 atom stereocenters.